The van der Waals surface area contributed by atoms with Crippen molar-refractivity contribution in [2.45, 2.75) is 20.8 Å². The van der Waals surface area contributed by atoms with E-state index < -0.39 is 0 Å². The lowest BCUT2D eigenvalue weighted by atomic mass is 9.98. The minimum atomic E-state index is -0.0679. The lowest BCUT2D eigenvalue weighted by molar-refractivity contribution is 0.0921. The molecule has 0 aliphatic rings. The predicted molar refractivity (Wildman–Crippen MR) is 86.9 cm³/mol. The number of halogens is 2. The molecule has 2 rings (SSSR count). The first-order chi connectivity index (χ1) is 9.88. The van der Waals surface area contributed by atoms with Crippen molar-refractivity contribution in [1.82, 2.24) is 0 Å². The van der Waals surface area contributed by atoms with E-state index in [-0.39, 0.29) is 12.4 Å². The molecular formula is C17H16Cl2O2. The number of carbonyl (C=O) groups excluding carboxylic acids is 1. The standard InChI is InChI=1S/C17H16Cl2O2/c1-10-6-12(3)14(7-11(10)2)16(20)9-21-17-5-4-13(18)8-15(17)19/h4-8H,9H2,1-3H3. The van der Waals surface area contributed by atoms with Gasteiger partial charge in [0.1, 0.15) is 5.75 Å². The molecule has 0 radical (unpaired) electrons. The van der Waals surface area contributed by atoms with Crippen LogP contribution in [0, 0.1) is 20.8 Å². The van der Waals surface area contributed by atoms with Crippen LogP contribution in [-0.2, 0) is 0 Å². The second-order valence-electron chi connectivity index (χ2n) is 5.04. The Morgan fingerprint density at radius 2 is 1.67 bits per heavy atom. The maximum atomic E-state index is 12.3. The van der Waals surface area contributed by atoms with Crippen LogP contribution in [-0.4, -0.2) is 12.4 Å². The number of hydrogen-bond donors (Lipinski definition) is 0. The van der Waals surface area contributed by atoms with E-state index in [1.165, 1.54) is 5.56 Å². The van der Waals surface area contributed by atoms with E-state index in [1.807, 2.05) is 32.9 Å². The third kappa shape index (κ3) is 3.78. The zero-order valence-electron chi connectivity index (χ0n) is 12.2. The first-order valence-corrected chi connectivity index (χ1v) is 7.33. The molecule has 0 aromatic heterocycles. The maximum Gasteiger partial charge on any atom is 0.200 e. The van der Waals surface area contributed by atoms with E-state index >= 15 is 0 Å². The summed E-state index contributed by atoms with van der Waals surface area (Å²) in [5, 5.41) is 0.927. The van der Waals surface area contributed by atoms with Crippen molar-refractivity contribution in [3.05, 3.63) is 62.6 Å². The Labute approximate surface area is 134 Å². The minimum absolute atomic E-state index is 0.0509. The Bertz CT molecular complexity index is 693. The number of Topliss-reactive ketones (excluding diaryl/α,β-unsaturated/α-hetero) is 1. The molecule has 2 nitrogen and oxygen atoms in total. The van der Waals surface area contributed by atoms with Crippen LogP contribution >= 0.6 is 23.2 Å². The molecule has 0 aliphatic carbocycles. The Kier molecular flexibility index (Phi) is 4.92. The summed E-state index contributed by atoms with van der Waals surface area (Å²) in [6, 6.07) is 8.83. The molecule has 21 heavy (non-hydrogen) atoms. The maximum absolute atomic E-state index is 12.3. The van der Waals surface area contributed by atoms with Gasteiger partial charge in [0.2, 0.25) is 0 Å². The Morgan fingerprint density at radius 3 is 2.33 bits per heavy atom. The SMILES string of the molecule is Cc1cc(C)c(C(=O)COc2ccc(Cl)cc2Cl)cc1C. The average molecular weight is 323 g/mol. The average Bonchev–Trinajstić information content (AvgIpc) is 2.41. The molecule has 0 spiro atoms. The van der Waals surface area contributed by atoms with Gasteiger partial charge in [0.25, 0.3) is 0 Å². The molecule has 0 amide bonds. The van der Waals surface area contributed by atoms with Crippen LogP contribution in [0.25, 0.3) is 0 Å². The first-order valence-electron chi connectivity index (χ1n) is 6.57. The lowest BCUT2D eigenvalue weighted by Crippen LogP contribution is -2.13. The van der Waals surface area contributed by atoms with Gasteiger partial charge >= 0.3 is 0 Å². The van der Waals surface area contributed by atoms with Crippen LogP contribution in [0.1, 0.15) is 27.0 Å². The van der Waals surface area contributed by atoms with Gasteiger partial charge in [0, 0.05) is 10.6 Å². The minimum Gasteiger partial charge on any atom is -0.484 e. The smallest absolute Gasteiger partial charge is 0.200 e. The molecule has 0 aliphatic heterocycles. The van der Waals surface area contributed by atoms with Crippen molar-refractivity contribution in [3.63, 3.8) is 0 Å². The van der Waals surface area contributed by atoms with E-state index in [0.717, 1.165) is 11.1 Å². The summed E-state index contributed by atoms with van der Waals surface area (Å²) in [6.45, 7) is 5.89. The summed E-state index contributed by atoms with van der Waals surface area (Å²) < 4.78 is 5.49. The third-order valence-corrected chi connectivity index (χ3v) is 3.92. The van der Waals surface area contributed by atoms with Gasteiger partial charge in [0.05, 0.1) is 5.02 Å². The number of ether oxygens (including phenoxy) is 1. The first kappa shape index (κ1) is 15.9. The van der Waals surface area contributed by atoms with Gasteiger partial charge in [-0.15, -0.1) is 0 Å². The normalized spacial score (nSPS) is 10.5. The van der Waals surface area contributed by atoms with E-state index in [9.17, 15) is 4.79 Å². The highest BCUT2D eigenvalue weighted by molar-refractivity contribution is 6.35. The molecule has 0 N–H and O–H groups in total. The molecule has 0 atom stereocenters. The van der Waals surface area contributed by atoms with Crippen LogP contribution in [0.3, 0.4) is 0 Å². The van der Waals surface area contributed by atoms with Crippen LogP contribution in [0.4, 0.5) is 0 Å². The number of hydrogen-bond acceptors (Lipinski definition) is 2. The highest BCUT2D eigenvalue weighted by Crippen LogP contribution is 2.27. The fraction of sp³-hybridized carbons (Fsp3) is 0.235. The van der Waals surface area contributed by atoms with Gasteiger partial charge < -0.3 is 4.74 Å². The summed E-state index contributed by atoms with van der Waals surface area (Å²) in [6.07, 6.45) is 0. The van der Waals surface area contributed by atoms with Crippen molar-refractivity contribution >= 4 is 29.0 Å². The number of benzene rings is 2. The van der Waals surface area contributed by atoms with Crippen LogP contribution in [0.15, 0.2) is 30.3 Å². The predicted octanol–water partition coefficient (Wildman–Crippen LogP) is 5.18. The molecular weight excluding hydrogens is 307 g/mol. The molecule has 4 heteroatoms. The number of rotatable bonds is 4. The summed E-state index contributed by atoms with van der Waals surface area (Å²) in [5.74, 6) is 0.387. The van der Waals surface area contributed by atoms with Gasteiger partial charge in [-0.25, -0.2) is 0 Å². The molecule has 0 heterocycles. The third-order valence-electron chi connectivity index (χ3n) is 3.39. The second kappa shape index (κ2) is 6.50. The van der Waals surface area contributed by atoms with E-state index in [0.29, 0.717) is 21.4 Å². The zero-order valence-corrected chi connectivity index (χ0v) is 13.7. The van der Waals surface area contributed by atoms with E-state index in [4.69, 9.17) is 27.9 Å². The topological polar surface area (TPSA) is 26.3 Å². The van der Waals surface area contributed by atoms with Crippen molar-refractivity contribution in [2.24, 2.45) is 0 Å². The lowest BCUT2D eigenvalue weighted by Gasteiger charge is -2.11. The molecule has 2 aromatic carbocycles. The van der Waals surface area contributed by atoms with Gasteiger partial charge in [-0.2, -0.15) is 0 Å². The molecule has 2 aromatic rings. The molecule has 110 valence electrons. The highest BCUT2D eigenvalue weighted by Gasteiger charge is 2.12. The van der Waals surface area contributed by atoms with Crippen LogP contribution in [0.5, 0.6) is 5.75 Å². The Hall–Kier alpha value is -1.51. The highest BCUT2D eigenvalue weighted by atomic mass is 35.5. The largest absolute Gasteiger partial charge is 0.484 e. The summed E-state index contributed by atoms with van der Waals surface area (Å²) in [4.78, 5) is 12.3. The molecule has 0 fully saturated rings. The molecule has 0 bridgehead atoms. The fourth-order valence-corrected chi connectivity index (χ4v) is 2.54. The number of aryl methyl sites for hydroxylation is 3. The van der Waals surface area contributed by atoms with Crippen molar-refractivity contribution in [2.75, 3.05) is 6.61 Å². The fourth-order valence-electron chi connectivity index (χ4n) is 2.07. The summed E-state index contributed by atoms with van der Waals surface area (Å²) >= 11 is 11.8. The summed E-state index contributed by atoms with van der Waals surface area (Å²) in [7, 11) is 0. The van der Waals surface area contributed by atoms with Gasteiger partial charge in [-0.05, 0) is 61.7 Å². The van der Waals surface area contributed by atoms with Gasteiger partial charge in [-0.3, -0.25) is 4.79 Å². The van der Waals surface area contributed by atoms with Crippen LogP contribution in [0.2, 0.25) is 10.0 Å². The van der Waals surface area contributed by atoms with E-state index in [1.54, 1.807) is 18.2 Å². The van der Waals surface area contributed by atoms with Crippen molar-refractivity contribution in [3.8, 4) is 5.75 Å². The number of carbonyl (C=O) groups is 1. The number of ketones is 1. The monoisotopic (exact) mass is 322 g/mol. The molecule has 0 saturated heterocycles. The van der Waals surface area contributed by atoms with Crippen molar-refractivity contribution in [1.29, 1.82) is 0 Å². The quantitative estimate of drug-likeness (QED) is 0.725. The molecule has 0 saturated carbocycles. The molecule has 0 unspecified atom stereocenters. The second-order valence-corrected chi connectivity index (χ2v) is 5.88. The van der Waals surface area contributed by atoms with Gasteiger partial charge in [0.15, 0.2) is 12.4 Å². The van der Waals surface area contributed by atoms with E-state index in [2.05, 4.69) is 0 Å². The Morgan fingerprint density at radius 1 is 1.00 bits per heavy atom. The van der Waals surface area contributed by atoms with Crippen molar-refractivity contribution < 1.29 is 9.53 Å². The van der Waals surface area contributed by atoms with Crippen LogP contribution < -0.4 is 4.74 Å². The zero-order chi connectivity index (χ0) is 15.6. The summed E-state index contributed by atoms with van der Waals surface area (Å²) in [5.41, 5.74) is 3.90. The Balaban J connectivity index is 2.13. The van der Waals surface area contributed by atoms with Gasteiger partial charge in [-0.1, -0.05) is 29.3 Å².